The monoisotopic (exact) mass is 425 g/mol. The van der Waals surface area contributed by atoms with Gasteiger partial charge >= 0.3 is 6.36 Å². The molecule has 0 spiro atoms. The summed E-state index contributed by atoms with van der Waals surface area (Å²) in [7, 11) is 1.55. The molecule has 0 saturated carbocycles. The van der Waals surface area contributed by atoms with E-state index in [4.69, 9.17) is 10.2 Å². The molecule has 10 heteroatoms. The summed E-state index contributed by atoms with van der Waals surface area (Å²) in [4.78, 5) is 5.49. The molecule has 2 aromatic rings. The van der Waals surface area contributed by atoms with Crippen LogP contribution >= 0.6 is 0 Å². The van der Waals surface area contributed by atoms with Gasteiger partial charge in [0, 0.05) is 16.7 Å². The van der Waals surface area contributed by atoms with Crippen molar-refractivity contribution in [2.45, 2.75) is 19.9 Å². The Bertz CT molecular complexity index is 970. The molecule has 154 valence electrons. The van der Waals surface area contributed by atoms with E-state index in [-0.39, 0.29) is 34.3 Å². The molecule has 0 heterocycles. The van der Waals surface area contributed by atoms with Gasteiger partial charge in [0.25, 0.3) is 0 Å². The normalized spacial score (nSPS) is 11.7. The molecule has 0 fully saturated rings. The maximum atomic E-state index is 12.4. The third-order valence-electron chi connectivity index (χ3n) is 3.73. The third kappa shape index (κ3) is 6.54. The molecule has 0 aliphatic heterocycles. The van der Waals surface area contributed by atoms with Crippen molar-refractivity contribution in [1.29, 1.82) is 5.41 Å². The van der Waals surface area contributed by atoms with Crippen LogP contribution in [0.2, 0.25) is 0 Å². The van der Waals surface area contributed by atoms with Crippen LogP contribution in [-0.4, -0.2) is 34.0 Å². The Kier molecular flexibility index (Phi) is 7.68. The number of nitrogens with zero attached hydrogens (tertiary/aromatic N) is 1. The first-order chi connectivity index (χ1) is 13.7. The lowest BCUT2D eigenvalue weighted by molar-refractivity contribution is -0.274. The number of alkyl halides is 3. The zero-order valence-electron chi connectivity index (χ0n) is 15.5. The van der Waals surface area contributed by atoms with E-state index < -0.39 is 6.36 Å². The van der Waals surface area contributed by atoms with Crippen molar-refractivity contribution in [3.8, 4) is 5.75 Å². The van der Waals surface area contributed by atoms with Gasteiger partial charge in [0.2, 0.25) is 0 Å². The summed E-state index contributed by atoms with van der Waals surface area (Å²) in [6, 6.07) is 12.3. The molecule has 2 aromatic carbocycles. The lowest BCUT2D eigenvalue weighted by atomic mass is 10.0. The lowest BCUT2D eigenvalue weighted by Crippen LogP contribution is -2.28. The molecular formula is C19H18F3N3O3S. The van der Waals surface area contributed by atoms with Crippen LogP contribution < -0.4 is 10.1 Å². The number of rotatable bonds is 7. The molecule has 2 N–H and O–H groups in total. The largest absolute Gasteiger partial charge is 0.573 e. The second-order valence-corrected chi connectivity index (χ2v) is 6.30. The summed E-state index contributed by atoms with van der Waals surface area (Å²) in [5.74, 6) is -0.353. The van der Waals surface area contributed by atoms with E-state index in [0.717, 1.165) is 0 Å². The van der Waals surface area contributed by atoms with Crippen molar-refractivity contribution in [2.24, 2.45) is 5.16 Å². The first-order valence-electron chi connectivity index (χ1n) is 8.29. The minimum Gasteiger partial charge on any atom is -0.406 e. The maximum absolute atomic E-state index is 12.4. The smallest absolute Gasteiger partial charge is 0.406 e. The van der Waals surface area contributed by atoms with Crippen LogP contribution in [0, 0.1) is 5.41 Å². The van der Waals surface area contributed by atoms with Crippen LogP contribution in [0.3, 0.4) is 0 Å². The topological polar surface area (TPSA) is 83.8 Å². The van der Waals surface area contributed by atoms with Gasteiger partial charge < -0.3 is 9.57 Å². The van der Waals surface area contributed by atoms with Crippen molar-refractivity contribution in [3.63, 3.8) is 0 Å². The number of ether oxygens (including phenoxy) is 1. The molecule has 0 saturated heterocycles. The molecule has 0 amide bonds. The molecular weight excluding hydrogens is 407 g/mol. The molecule has 0 aromatic heterocycles. The standard InChI is InChI=1S/C19H18F3N3O3S/c1-12(13-7-5-8-15(10-13)28-19(20,21)22)25-27-11-14-6-3-4-9-16(14)17(23)18(24-2)29-26/h3-10,23-24H,11H2,1-2H3/b23-17?,25-12-. The Morgan fingerprint density at radius 3 is 2.59 bits per heavy atom. The molecule has 0 bridgehead atoms. The summed E-state index contributed by atoms with van der Waals surface area (Å²) in [6.07, 6.45) is -4.78. The quantitative estimate of drug-likeness (QED) is 0.404. The maximum Gasteiger partial charge on any atom is 0.573 e. The molecule has 0 unspecified atom stereocenters. The lowest BCUT2D eigenvalue weighted by Gasteiger charge is -2.11. The predicted octanol–water partition coefficient (Wildman–Crippen LogP) is 3.46. The van der Waals surface area contributed by atoms with Gasteiger partial charge in [-0.25, -0.2) is 4.21 Å². The van der Waals surface area contributed by atoms with Gasteiger partial charge in [0.05, 0.1) is 11.4 Å². The Balaban J connectivity index is 2.14. The van der Waals surface area contributed by atoms with Gasteiger partial charge in [-0.05, 0) is 26.1 Å². The fourth-order valence-corrected chi connectivity index (χ4v) is 2.67. The zero-order valence-corrected chi connectivity index (χ0v) is 16.4. The van der Waals surface area contributed by atoms with Crippen molar-refractivity contribution in [3.05, 3.63) is 65.2 Å². The van der Waals surface area contributed by atoms with Crippen LogP contribution in [-0.2, 0) is 22.7 Å². The van der Waals surface area contributed by atoms with Crippen LogP contribution in [0.25, 0.3) is 0 Å². The van der Waals surface area contributed by atoms with E-state index in [1.165, 1.54) is 18.2 Å². The molecule has 0 atom stereocenters. The molecule has 29 heavy (non-hydrogen) atoms. The highest BCUT2D eigenvalue weighted by Crippen LogP contribution is 2.23. The van der Waals surface area contributed by atoms with Crippen molar-refractivity contribution >= 4 is 27.7 Å². The second-order valence-electron chi connectivity index (χ2n) is 5.72. The van der Waals surface area contributed by atoms with Gasteiger partial charge in [-0.1, -0.05) is 41.6 Å². The Hall–Kier alpha value is -2.98. The Labute approximate surface area is 168 Å². The SMILES string of the molecule is CNC(=S=O)C(=N)c1ccccc1CO/N=C(/C)c1cccc(OC(F)(F)F)c1. The van der Waals surface area contributed by atoms with Crippen molar-refractivity contribution in [1.82, 2.24) is 5.32 Å². The number of hydrogen-bond donors (Lipinski definition) is 2. The highest BCUT2D eigenvalue weighted by molar-refractivity contribution is 7.68. The van der Waals surface area contributed by atoms with E-state index in [9.17, 15) is 17.4 Å². The summed E-state index contributed by atoms with van der Waals surface area (Å²) in [5.41, 5.74) is 1.92. The zero-order chi connectivity index (χ0) is 21.4. The number of oxime groups is 1. The number of halogens is 3. The number of nitrogens with one attached hydrogen (secondary N) is 2. The average molecular weight is 425 g/mol. The summed E-state index contributed by atoms with van der Waals surface area (Å²) in [5, 5.41) is 14.8. The minimum atomic E-state index is -4.78. The molecule has 0 aliphatic carbocycles. The van der Waals surface area contributed by atoms with Crippen molar-refractivity contribution < 1.29 is 27.0 Å². The first kappa shape index (κ1) is 22.3. The molecule has 0 radical (unpaired) electrons. The molecule has 6 nitrogen and oxygen atoms in total. The van der Waals surface area contributed by atoms with Crippen LogP contribution in [0.4, 0.5) is 13.2 Å². The molecule has 2 rings (SSSR count). The second kappa shape index (κ2) is 9.99. The van der Waals surface area contributed by atoms with Gasteiger partial charge in [-0.3, -0.25) is 10.7 Å². The third-order valence-corrected chi connectivity index (χ3v) is 4.31. The summed E-state index contributed by atoms with van der Waals surface area (Å²) < 4.78 is 52.1. The Morgan fingerprint density at radius 1 is 1.21 bits per heavy atom. The fraction of sp³-hybridized carbons (Fsp3) is 0.211. The highest BCUT2D eigenvalue weighted by atomic mass is 32.1. The summed E-state index contributed by atoms with van der Waals surface area (Å²) >= 11 is 0.183. The van der Waals surface area contributed by atoms with E-state index in [0.29, 0.717) is 22.4 Å². The van der Waals surface area contributed by atoms with E-state index in [1.54, 1.807) is 44.3 Å². The van der Waals surface area contributed by atoms with E-state index in [2.05, 4.69) is 15.2 Å². The van der Waals surface area contributed by atoms with E-state index >= 15 is 0 Å². The van der Waals surface area contributed by atoms with E-state index in [1.807, 2.05) is 0 Å². The Morgan fingerprint density at radius 2 is 1.93 bits per heavy atom. The predicted molar refractivity (Wildman–Crippen MR) is 106 cm³/mol. The highest BCUT2D eigenvalue weighted by Gasteiger charge is 2.31. The van der Waals surface area contributed by atoms with Crippen molar-refractivity contribution in [2.75, 3.05) is 7.05 Å². The first-order valence-corrected chi connectivity index (χ1v) is 9.03. The summed E-state index contributed by atoms with van der Waals surface area (Å²) in [6.45, 7) is 1.59. The van der Waals surface area contributed by atoms with Crippen LogP contribution in [0.1, 0.15) is 23.6 Å². The fourth-order valence-electron chi connectivity index (χ4n) is 2.39. The minimum absolute atomic E-state index is 0.00908. The van der Waals surface area contributed by atoms with Gasteiger partial charge in [0.15, 0.2) is 0 Å². The average Bonchev–Trinajstić information content (AvgIpc) is 2.68. The van der Waals surface area contributed by atoms with Gasteiger partial charge in [0.1, 0.15) is 28.6 Å². The van der Waals surface area contributed by atoms with Crippen LogP contribution in [0.15, 0.2) is 53.7 Å². The molecule has 0 aliphatic rings. The number of benzene rings is 2. The van der Waals surface area contributed by atoms with Gasteiger partial charge in [-0.2, -0.15) is 0 Å². The number of hydrogen-bond acceptors (Lipinski definition) is 5. The van der Waals surface area contributed by atoms with Crippen LogP contribution in [0.5, 0.6) is 5.75 Å². The van der Waals surface area contributed by atoms with Gasteiger partial charge in [-0.15, -0.1) is 13.2 Å². The number of likely N-dealkylation sites (N-methyl/N-ethyl adjacent to an activating group) is 1.